The molecule has 1 aliphatic carbocycles. The second-order valence-electron chi connectivity index (χ2n) is 8.97. The highest BCUT2D eigenvalue weighted by Crippen LogP contribution is 2.37. The van der Waals surface area contributed by atoms with E-state index in [1.807, 2.05) is 4.90 Å². The van der Waals surface area contributed by atoms with Crippen LogP contribution >= 0.6 is 0 Å². The van der Waals surface area contributed by atoms with Gasteiger partial charge in [-0.3, -0.25) is 4.57 Å². The van der Waals surface area contributed by atoms with Crippen LogP contribution in [-0.2, 0) is 23.1 Å². The number of benzene rings is 1. The highest BCUT2D eigenvalue weighted by Gasteiger charge is 2.51. The molecule has 188 valence electrons. The topological polar surface area (TPSA) is 58.4 Å². The Balaban J connectivity index is 1.70. The molecule has 1 aromatic carbocycles. The van der Waals surface area contributed by atoms with Gasteiger partial charge in [-0.2, -0.15) is 26.3 Å². The van der Waals surface area contributed by atoms with Crippen molar-refractivity contribution in [1.29, 1.82) is 0 Å². The third kappa shape index (κ3) is 5.22. The number of anilines is 1. The van der Waals surface area contributed by atoms with Crippen LogP contribution in [0.25, 0.3) is 0 Å². The Kier molecular flexibility index (Phi) is 7.18. The minimum Gasteiger partial charge on any atom is -0.361 e. The summed E-state index contributed by atoms with van der Waals surface area (Å²) in [6.07, 6.45) is 7.78. The Bertz CT molecular complexity index is 1080. The Hall–Kier alpha value is -2.21. The van der Waals surface area contributed by atoms with Crippen molar-refractivity contribution in [2.24, 2.45) is 5.92 Å². The molecule has 0 saturated heterocycles. The van der Waals surface area contributed by atoms with Crippen LogP contribution in [0.2, 0.25) is 0 Å². The number of para-hydroxylation sites is 1. The zero-order valence-corrected chi connectivity index (χ0v) is 19.3. The molecule has 2 aliphatic rings. The van der Waals surface area contributed by atoms with Crippen molar-refractivity contribution >= 4 is 15.7 Å². The maximum absolute atomic E-state index is 13.5. The molecule has 1 saturated carbocycles. The monoisotopic (exact) mass is 506 g/mol. The second-order valence-corrected chi connectivity index (χ2v) is 10.9. The largest absolute Gasteiger partial charge is 0.511 e. The molecule has 0 amide bonds. The molecule has 1 aliphatic heterocycles. The van der Waals surface area contributed by atoms with Crippen LogP contribution in [0, 0.1) is 5.92 Å². The fraction of sp³-hybridized carbons (Fsp3) is 0.591. The molecule has 6 nitrogen and oxygen atoms in total. The van der Waals surface area contributed by atoms with E-state index >= 15 is 0 Å². The first kappa shape index (κ1) is 24.9. The Morgan fingerprint density at radius 1 is 1.09 bits per heavy atom. The summed E-state index contributed by atoms with van der Waals surface area (Å²) in [5.41, 5.74) is -4.08. The lowest BCUT2D eigenvalue weighted by atomic mass is 9.97. The van der Waals surface area contributed by atoms with Gasteiger partial charge in [-0.05, 0) is 30.4 Å². The van der Waals surface area contributed by atoms with Gasteiger partial charge >= 0.3 is 22.1 Å². The lowest BCUT2D eigenvalue weighted by Crippen LogP contribution is -2.47. The van der Waals surface area contributed by atoms with E-state index in [1.165, 1.54) is 6.20 Å². The molecule has 2 aromatic rings. The molecule has 34 heavy (non-hydrogen) atoms. The number of fused-ring (bicyclic) bond motifs is 1. The summed E-state index contributed by atoms with van der Waals surface area (Å²) in [6, 6.07) is 6.12. The molecule has 1 fully saturated rings. The average molecular weight is 507 g/mol. The highest BCUT2D eigenvalue weighted by molar-refractivity contribution is 7.89. The quantitative estimate of drug-likeness (QED) is 0.479. The zero-order chi connectivity index (χ0) is 24.5. The van der Waals surface area contributed by atoms with E-state index in [4.69, 9.17) is 0 Å². The van der Waals surface area contributed by atoms with Gasteiger partial charge in [0.2, 0.25) is 0 Å². The van der Waals surface area contributed by atoms with Crippen LogP contribution in [0.1, 0.15) is 56.3 Å². The summed E-state index contributed by atoms with van der Waals surface area (Å²) < 4.78 is 92.5. The molecular weight excluding hydrogens is 479 g/mol. The van der Waals surface area contributed by atoms with Gasteiger partial charge in [-0.25, -0.2) is 13.4 Å². The second kappa shape index (κ2) is 9.80. The fourth-order valence-electron chi connectivity index (χ4n) is 4.97. The van der Waals surface area contributed by atoms with E-state index in [9.17, 15) is 30.4 Å². The van der Waals surface area contributed by atoms with E-state index < -0.39 is 34.7 Å². The summed E-state index contributed by atoms with van der Waals surface area (Å²) in [7, 11) is -5.55. The van der Waals surface area contributed by atoms with Crippen molar-refractivity contribution in [3.63, 3.8) is 0 Å². The third-order valence-electron chi connectivity index (χ3n) is 6.73. The van der Waals surface area contributed by atoms with Gasteiger partial charge in [0.1, 0.15) is 0 Å². The molecule has 2 heterocycles. The summed E-state index contributed by atoms with van der Waals surface area (Å²) in [5, 5.41) is 0. The number of alkyl halides is 5. The van der Waals surface area contributed by atoms with E-state index in [-0.39, 0.29) is 13.1 Å². The number of aromatic nitrogens is 2. The zero-order valence-electron chi connectivity index (χ0n) is 18.5. The van der Waals surface area contributed by atoms with Gasteiger partial charge in [-0.1, -0.05) is 43.9 Å². The van der Waals surface area contributed by atoms with Crippen molar-refractivity contribution in [2.75, 3.05) is 11.4 Å². The summed E-state index contributed by atoms with van der Waals surface area (Å²) in [4.78, 5) is 5.87. The molecule has 0 N–H and O–H groups in total. The fourth-order valence-corrected chi connectivity index (χ4v) is 5.94. The van der Waals surface area contributed by atoms with Gasteiger partial charge in [0.05, 0.1) is 18.6 Å². The summed E-state index contributed by atoms with van der Waals surface area (Å²) in [5.74, 6) is 0.450. The van der Waals surface area contributed by atoms with Crippen LogP contribution in [0.5, 0.6) is 0 Å². The molecule has 0 spiro atoms. The van der Waals surface area contributed by atoms with Crippen molar-refractivity contribution in [3.8, 4) is 0 Å². The number of imidazole rings is 1. The van der Waals surface area contributed by atoms with Gasteiger partial charge in [0.25, 0.3) is 0 Å². The molecule has 0 bridgehead atoms. The van der Waals surface area contributed by atoms with Gasteiger partial charge in [-0.15, -0.1) is 0 Å². The van der Waals surface area contributed by atoms with Crippen LogP contribution in [0.3, 0.4) is 0 Å². The SMILES string of the molecule is O=S(=O)(N1Cc2ccccc2N(Cc2cn(C(F)F)cn2)[C@H](CCC2CCCC2)C1)C(F)(F)F. The smallest absolute Gasteiger partial charge is 0.361 e. The number of hydrogen-bond acceptors (Lipinski definition) is 4. The lowest BCUT2D eigenvalue weighted by molar-refractivity contribution is -0.0492. The van der Waals surface area contributed by atoms with Crippen LogP contribution in [0.15, 0.2) is 36.8 Å². The Labute approximate surface area is 195 Å². The molecular formula is C22H27F5N4O2S. The Morgan fingerprint density at radius 2 is 1.79 bits per heavy atom. The van der Waals surface area contributed by atoms with E-state index in [1.54, 1.807) is 24.3 Å². The normalized spacial score (nSPS) is 20.6. The van der Waals surface area contributed by atoms with Crippen LogP contribution in [0.4, 0.5) is 27.6 Å². The van der Waals surface area contributed by atoms with Crippen LogP contribution < -0.4 is 4.90 Å². The summed E-state index contributed by atoms with van der Waals surface area (Å²) in [6.45, 7) is -3.45. The molecule has 12 heteroatoms. The van der Waals surface area contributed by atoms with Crippen molar-refractivity contribution in [1.82, 2.24) is 13.9 Å². The predicted octanol–water partition coefficient (Wildman–Crippen LogP) is 5.29. The molecule has 0 radical (unpaired) electrons. The standard InChI is InChI=1S/C22H27F5N4O2S/c23-21(24)29-12-18(28-15-29)13-31-19(10-9-16-5-1-2-6-16)14-30(34(32,33)22(25,26)27)11-17-7-3-4-8-20(17)31/h3-4,7-8,12,15-16,19,21H,1-2,5-6,9-11,13-14H2/t19-/m1/s1. The first-order valence-corrected chi connectivity index (χ1v) is 12.7. The number of rotatable bonds is 7. The highest BCUT2D eigenvalue weighted by atomic mass is 32.2. The number of nitrogens with zero attached hydrogens (tertiary/aromatic N) is 4. The van der Waals surface area contributed by atoms with E-state index in [0.29, 0.717) is 38.2 Å². The minimum absolute atomic E-state index is 0.0754. The van der Waals surface area contributed by atoms with E-state index in [0.717, 1.165) is 38.4 Å². The lowest BCUT2D eigenvalue weighted by Gasteiger charge is -2.34. The van der Waals surface area contributed by atoms with Gasteiger partial charge in [0.15, 0.2) is 0 Å². The van der Waals surface area contributed by atoms with Crippen LogP contribution in [-0.4, -0.2) is 40.4 Å². The average Bonchev–Trinajstić information content (AvgIpc) is 3.43. The molecule has 1 aromatic heterocycles. The van der Waals surface area contributed by atoms with Crippen molar-refractivity contribution in [2.45, 2.75) is 69.7 Å². The van der Waals surface area contributed by atoms with Crippen molar-refractivity contribution < 1.29 is 30.4 Å². The first-order chi connectivity index (χ1) is 16.1. The maximum atomic E-state index is 13.5. The number of halogens is 5. The molecule has 4 rings (SSSR count). The Morgan fingerprint density at radius 3 is 2.44 bits per heavy atom. The number of sulfonamides is 1. The van der Waals surface area contributed by atoms with Crippen molar-refractivity contribution in [3.05, 3.63) is 48.0 Å². The number of hydrogen-bond donors (Lipinski definition) is 0. The third-order valence-corrected chi connectivity index (χ3v) is 8.27. The minimum atomic E-state index is -5.55. The van der Waals surface area contributed by atoms with Gasteiger partial charge in [0, 0.05) is 31.0 Å². The predicted molar refractivity (Wildman–Crippen MR) is 116 cm³/mol. The first-order valence-electron chi connectivity index (χ1n) is 11.3. The molecule has 1 atom stereocenters. The maximum Gasteiger partial charge on any atom is 0.511 e. The summed E-state index contributed by atoms with van der Waals surface area (Å²) >= 11 is 0. The van der Waals surface area contributed by atoms with E-state index in [2.05, 4.69) is 4.98 Å². The van der Waals surface area contributed by atoms with Gasteiger partial charge < -0.3 is 4.90 Å². The molecule has 0 unspecified atom stereocenters.